The zero-order valence-electron chi connectivity index (χ0n) is 15.4. The summed E-state index contributed by atoms with van der Waals surface area (Å²) in [6, 6.07) is 0. The van der Waals surface area contributed by atoms with Crippen LogP contribution < -0.4 is 4.90 Å². The van der Waals surface area contributed by atoms with E-state index in [9.17, 15) is 4.79 Å². The molecule has 0 bridgehead atoms. The molecule has 2 aliphatic rings. The van der Waals surface area contributed by atoms with Gasteiger partial charge in [-0.05, 0) is 30.9 Å². The van der Waals surface area contributed by atoms with Gasteiger partial charge in [0.25, 0.3) is 0 Å². The number of rotatable bonds is 3. The third-order valence-corrected chi connectivity index (χ3v) is 5.18. The summed E-state index contributed by atoms with van der Waals surface area (Å²) in [5, 5.41) is 0.170. The van der Waals surface area contributed by atoms with E-state index in [4.69, 9.17) is 21.1 Å². The topological polar surface area (TPSA) is 85.6 Å². The molecule has 10 heteroatoms. The number of piperidine rings is 1. The molecule has 4 rings (SSSR count). The number of carbonyl (C=O) groups is 1. The summed E-state index contributed by atoms with van der Waals surface area (Å²) in [4.78, 5) is 29.4. The second-order valence-electron chi connectivity index (χ2n) is 6.78. The van der Waals surface area contributed by atoms with Gasteiger partial charge in [-0.2, -0.15) is 9.97 Å². The van der Waals surface area contributed by atoms with Crippen LogP contribution in [0.25, 0.3) is 11.2 Å². The first kappa shape index (κ1) is 18.2. The molecule has 2 aromatic heterocycles. The van der Waals surface area contributed by atoms with Gasteiger partial charge in [-0.15, -0.1) is 0 Å². The van der Waals surface area contributed by atoms with E-state index < -0.39 is 0 Å². The first-order valence-electron chi connectivity index (χ1n) is 9.27. The number of halogens is 1. The Morgan fingerprint density at radius 1 is 1.11 bits per heavy atom. The number of imidazole rings is 1. The molecule has 0 atom stereocenters. The summed E-state index contributed by atoms with van der Waals surface area (Å²) in [7, 11) is 1.84. The first-order valence-corrected chi connectivity index (χ1v) is 9.64. The molecule has 0 unspecified atom stereocenters. The van der Waals surface area contributed by atoms with E-state index in [1.165, 1.54) is 0 Å². The number of aromatic nitrogens is 4. The van der Waals surface area contributed by atoms with Gasteiger partial charge in [0.05, 0.1) is 13.2 Å². The summed E-state index contributed by atoms with van der Waals surface area (Å²) in [6.07, 6.45) is 2.92. The normalized spacial score (nSPS) is 18.1. The zero-order chi connectivity index (χ0) is 18.8. The number of anilines is 1. The van der Waals surface area contributed by atoms with Crippen LogP contribution in [0.5, 0.6) is 0 Å². The number of fused-ring (bicyclic) bond motifs is 1. The summed E-state index contributed by atoms with van der Waals surface area (Å²) < 4.78 is 12.7. The Morgan fingerprint density at radius 3 is 2.59 bits per heavy atom. The van der Waals surface area contributed by atoms with E-state index in [2.05, 4.69) is 19.9 Å². The molecule has 4 heterocycles. The number of nitrogens with zero attached hydrogens (tertiary/aromatic N) is 6. The maximum atomic E-state index is 12.3. The number of hydrogen-bond acceptors (Lipinski definition) is 7. The number of ether oxygens (including phenoxy) is 2. The highest BCUT2D eigenvalue weighted by atomic mass is 35.5. The maximum absolute atomic E-state index is 12.3. The molecule has 2 aliphatic heterocycles. The molecule has 0 saturated carbocycles. The molecular weight excluding hydrogens is 372 g/mol. The van der Waals surface area contributed by atoms with Gasteiger partial charge in [-0.25, -0.2) is 9.78 Å². The Kier molecular flexibility index (Phi) is 5.31. The molecule has 146 valence electrons. The molecule has 0 aliphatic carbocycles. The van der Waals surface area contributed by atoms with E-state index in [1.54, 1.807) is 9.47 Å². The lowest BCUT2D eigenvalue weighted by Crippen LogP contribution is -2.37. The molecule has 2 aromatic rings. The molecule has 9 nitrogen and oxygen atoms in total. The second-order valence-corrected chi connectivity index (χ2v) is 7.12. The average Bonchev–Trinajstić information content (AvgIpc) is 3.02. The van der Waals surface area contributed by atoms with Crippen LogP contribution in [0.3, 0.4) is 0 Å². The number of amides is 1. The van der Waals surface area contributed by atoms with Crippen LogP contribution >= 0.6 is 11.6 Å². The smallest absolute Gasteiger partial charge is 0.410 e. The van der Waals surface area contributed by atoms with Crippen molar-refractivity contribution in [3.63, 3.8) is 0 Å². The lowest BCUT2D eigenvalue weighted by atomic mass is 10.1. The van der Waals surface area contributed by atoms with Crippen LogP contribution in [0.4, 0.5) is 10.6 Å². The second kappa shape index (κ2) is 7.85. The zero-order valence-corrected chi connectivity index (χ0v) is 16.1. The van der Waals surface area contributed by atoms with Crippen LogP contribution in [-0.2, 0) is 23.1 Å². The summed E-state index contributed by atoms with van der Waals surface area (Å²) in [6.45, 7) is 4.30. The molecule has 1 amide bonds. The van der Waals surface area contributed by atoms with Gasteiger partial charge in [0.15, 0.2) is 23.6 Å². The van der Waals surface area contributed by atoms with Crippen LogP contribution in [0.1, 0.15) is 25.1 Å². The fraction of sp³-hybridized carbons (Fsp3) is 0.647. The molecule has 2 fully saturated rings. The minimum absolute atomic E-state index is 0.0857. The molecule has 0 N–H and O–H groups in total. The number of hydrogen-bond donors (Lipinski definition) is 0. The number of aryl methyl sites for hydroxylation is 1. The van der Waals surface area contributed by atoms with E-state index in [-0.39, 0.29) is 18.0 Å². The quantitative estimate of drug-likeness (QED) is 0.735. The molecule has 0 spiro atoms. The van der Waals surface area contributed by atoms with Crippen molar-refractivity contribution < 1.29 is 14.3 Å². The standard InChI is InChI=1S/C17H23ClN6O3/c1-22-12(11-27-17(25)24-5-3-2-4-6-24)19-13-14(22)20-16(18)21-15(13)23-7-9-26-10-8-23/h2-11H2,1H3. The van der Waals surface area contributed by atoms with Crippen molar-refractivity contribution in [1.29, 1.82) is 0 Å². The highest BCUT2D eigenvalue weighted by molar-refractivity contribution is 6.28. The van der Waals surface area contributed by atoms with Crippen molar-refractivity contribution in [2.75, 3.05) is 44.3 Å². The predicted molar refractivity (Wildman–Crippen MR) is 100.0 cm³/mol. The molecular formula is C17H23ClN6O3. The van der Waals surface area contributed by atoms with Crippen LogP contribution in [0.2, 0.25) is 5.28 Å². The monoisotopic (exact) mass is 394 g/mol. The average molecular weight is 395 g/mol. The molecule has 2 saturated heterocycles. The summed E-state index contributed by atoms with van der Waals surface area (Å²) in [5.41, 5.74) is 1.29. The van der Waals surface area contributed by atoms with Crippen molar-refractivity contribution >= 4 is 34.7 Å². The minimum atomic E-state index is -0.292. The Morgan fingerprint density at radius 2 is 1.85 bits per heavy atom. The third-order valence-electron chi connectivity index (χ3n) is 5.02. The minimum Gasteiger partial charge on any atom is -0.441 e. The van der Waals surface area contributed by atoms with Crippen molar-refractivity contribution in [1.82, 2.24) is 24.4 Å². The van der Waals surface area contributed by atoms with E-state index in [0.717, 1.165) is 45.4 Å². The summed E-state index contributed by atoms with van der Waals surface area (Å²) in [5.74, 6) is 1.30. The fourth-order valence-electron chi connectivity index (χ4n) is 3.48. The molecule has 0 aromatic carbocycles. The van der Waals surface area contributed by atoms with Crippen LogP contribution in [-0.4, -0.2) is 69.9 Å². The Balaban J connectivity index is 1.56. The van der Waals surface area contributed by atoms with E-state index >= 15 is 0 Å². The van der Waals surface area contributed by atoms with Crippen molar-refractivity contribution in [2.45, 2.75) is 25.9 Å². The first-order chi connectivity index (χ1) is 13.1. The van der Waals surface area contributed by atoms with Gasteiger partial charge in [0.2, 0.25) is 5.28 Å². The largest absolute Gasteiger partial charge is 0.441 e. The highest BCUT2D eigenvalue weighted by Crippen LogP contribution is 2.26. The van der Waals surface area contributed by atoms with Gasteiger partial charge >= 0.3 is 6.09 Å². The van der Waals surface area contributed by atoms with E-state index in [1.807, 2.05) is 7.05 Å². The van der Waals surface area contributed by atoms with Crippen molar-refractivity contribution in [2.24, 2.45) is 7.05 Å². The van der Waals surface area contributed by atoms with Crippen LogP contribution in [0, 0.1) is 0 Å². The van der Waals surface area contributed by atoms with Crippen molar-refractivity contribution in [3.8, 4) is 0 Å². The molecule has 27 heavy (non-hydrogen) atoms. The van der Waals surface area contributed by atoms with Gasteiger partial charge in [0.1, 0.15) is 5.82 Å². The molecule has 0 radical (unpaired) electrons. The van der Waals surface area contributed by atoms with Crippen LogP contribution in [0.15, 0.2) is 0 Å². The van der Waals surface area contributed by atoms with Gasteiger partial charge in [0, 0.05) is 33.2 Å². The Labute approximate surface area is 162 Å². The Hall–Kier alpha value is -2.13. The lowest BCUT2D eigenvalue weighted by Gasteiger charge is -2.27. The number of likely N-dealkylation sites (tertiary alicyclic amines) is 1. The SMILES string of the molecule is Cn1c(COC(=O)N2CCCCC2)nc2c(N3CCOCC3)nc(Cl)nc21. The number of carbonyl (C=O) groups excluding carboxylic acids is 1. The predicted octanol–water partition coefficient (Wildman–Crippen LogP) is 1.98. The van der Waals surface area contributed by atoms with Crippen molar-refractivity contribution in [3.05, 3.63) is 11.1 Å². The van der Waals surface area contributed by atoms with Gasteiger partial charge < -0.3 is 23.8 Å². The highest BCUT2D eigenvalue weighted by Gasteiger charge is 2.23. The maximum Gasteiger partial charge on any atom is 0.410 e. The summed E-state index contributed by atoms with van der Waals surface area (Å²) >= 11 is 6.14. The Bertz CT molecular complexity index is 830. The van der Waals surface area contributed by atoms with E-state index in [0.29, 0.717) is 36.0 Å². The third kappa shape index (κ3) is 3.79. The fourth-order valence-corrected chi connectivity index (χ4v) is 3.64. The van der Waals surface area contributed by atoms with Gasteiger partial charge in [-0.3, -0.25) is 0 Å². The lowest BCUT2D eigenvalue weighted by molar-refractivity contribution is 0.0867. The number of morpholine rings is 1. The van der Waals surface area contributed by atoms with Gasteiger partial charge in [-0.1, -0.05) is 0 Å².